The third-order valence-electron chi connectivity index (χ3n) is 2.87. The Hall–Kier alpha value is -2.36. The van der Waals surface area contributed by atoms with E-state index >= 15 is 0 Å². The number of guanidine groups is 1. The van der Waals surface area contributed by atoms with Gasteiger partial charge in [-0.2, -0.15) is 0 Å². The summed E-state index contributed by atoms with van der Waals surface area (Å²) in [5.41, 5.74) is 16.1. The molecular weight excluding hydrogens is 294 g/mol. The first-order valence-electron chi connectivity index (χ1n) is 6.83. The summed E-state index contributed by atoms with van der Waals surface area (Å²) in [5, 5.41) is 2.39. The van der Waals surface area contributed by atoms with Gasteiger partial charge in [-0.3, -0.25) is 14.6 Å². The summed E-state index contributed by atoms with van der Waals surface area (Å²) in [6, 6.07) is -1.94. The number of carbonyl (C=O) groups excluding carboxylic acids is 3. The molecular formula is C12H21N5O5. The SMILES string of the molecule is NC(N)=NCCC[C@H](N)C(=O)N[C@H]1CC(=O)OCCOC1=O. The van der Waals surface area contributed by atoms with Crippen LogP contribution < -0.4 is 22.5 Å². The van der Waals surface area contributed by atoms with Crippen molar-refractivity contribution in [3.05, 3.63) is 0 Å². The number of cyclic esters (lactones) is 2. The van der Waals surface area contributed by atoms with Crippen LogP contribution >= 0.6 is 0 Å². The predicted octanol–water partition coefficient (Wildman–Crippen LogP) is -2.66. The van der Waals surface area contributed by atoms with E-state index < -0.39 is 29.9 Å². The molecule has 0 saturated carbocycles. The third kappa shape index (κ3) is 6.39. The lowest BCUT2D eigenvalue weighted by Gasteiger charge is -2.21. The van der Waals surface area contributed by atoms with E-state index in [1.54, 1.807) is 0 Å². The van der Waals surface area contributed by atoms with Crippen molar-refractivity contribution in [3.63, 3.8) is 0 Å². The van der Waals surface area contributed by atoms with Gasteiger partial charge in [0.2, 0.25) is 5.91 Å². The highest BCUT2D eigenvalue weighted by Crippen LogP contribution is 2.04. The molecule has 0 spiro atoms. The molecule has 0 aromatic carbocycles. The van der Waals surface area contributed by atoms with Crippen LogP contribution in [0.1, 0.15) is 19.3 Å². The normalized spacial score (nSPS) is 20.0. The second-order valence-corrected chi connectivity index (χ2v) is 4.71. The zero-order valence-corrected chi connectivity index (χ0v) is 12.1. The molecule has 22 heavy (non-hydrogen) atoms. The van der Waals surface area contributed by atoms with Crippen molar-refractivity contribution < 1.29 is 23.9 Å². The Kier molecular flexibility index (Phi) is 7.09. The highest BCUT2D eigenvalue weighted by atomic mass is 16.6. The molecule has 0 bridgehead atoms. The number of amides is 1. The van der Waals surface area contributed by atoms with Gasteiger partial charge in [0.05, 0.1) is 12.5 Å². The van der Waals surface area contributed by atoms with Gasteiger partial charge in [-0.25, -0.2) is 4.79 Å². The quantitative estimate of drug-likeness (QED) is 0.178. The topological polar surface area (TPSA) is 172 Å². The van der Waals surface area contributed by atoms with Gasteiger partial charge in [-0.15, -0.1) is 0 Å². The first kappa shape index (κ1) is 17.7. The first-order chi connectivity index (χ1) is 10.4. The van der Waals surface area contributed by atoms with Crippen molar-refractivity contribution in [2.75, 3.05) is 19.8 Å². The number of esters is 2. The fourth-order valence-corrected chi connectivity index (χ4v) is 1.75. The predicted molar refractivity (Wildman–Crippen MR) is 76.4 cm³/mol. The van der Waals surface area contributed by atoms with Gasteiger partial charge in [-0.1, -0.05) is 0 Å². The standard InChI is InChI=1S/C12H21N5O5/c13-7(2-1-3-16-12(14)15)10(19)17-8-6-9(18)21-4-5-22-11(8)20/h7-8H,1-6,13H2,(H,17,19)(H4,14,15,16)/t7-,8-/m0/s1. The maximum atomic E-state index is 11.9. The van der Waals surface area contributed by atoms with Crippen LogP contribution in [0.5, 0.6) is 0 Å². The van der Waals surface area contributed by atoms with Crippen LogP contribution in [-0.4, -0.2) is 55.6 Å². The minimum Gasteiger partial charge on any atom is -0.462 e. The van der Waals surface area contributed by atoms with Gasteiger partial charge in [0.25, 0.3) is 0 Å². The molecule has 10 nitrogen and oxygen atoms in total. The Balaban J connectivity index is 2.44. The lowest BCUT2D eigenvalue weighted by molar-refractivity contribution is -0.161. The maximum absolute atomic E-state index is 11.9. The van der Waals surface area contributed by atoms with Gasteiger partial charge in [-0.05, 0) is 12.8 Å². The average Bonchev–Trinajstić information content (AvgIpc) is 2.45. The monoisotopic (exact) mass is 315 g/mol. The van der Waals surface area contributed by atoms with Crippen molar-refractivity contribution in [2.45, 2.75) is 31.3 Å². The molecule has 1 rings (SSSR count). The summed E-state index contributed by atoms with van der Waals surface area (Å²) in [4.78, 5) is 38.7. The summed E-state index contributed by atoms with van der Waals surface area (Å²) in [5.74, 6) is -1.85. The zero-order valence-electron chi connectivity index (χ0n) is 12.1. The minimum atomic E-state index is -1.09. The van der Waals surface area contributed by atoms with Gasteiger partial charge in [0.1, 0.15) is 19.3 Å². The van der Waals surface area contributed by atoms with Crippen LogP contribution in [0.4, 0.5) is 0 Å². The van der Waals surface area contributed by atoms with Crippen LogP contribution in [0.3, 0.4) is 0 Å². The third-order valence-corrected chi connectivity index (χ3v) is 2.87. The molecule has 1 saturated heterocycles. The number of ether oxygens (including phenoxy) is 2. The molecule has 1 heterocycles. The van der Waals surface area contributed by atoms with E-state index in [1.807, 2.05) is 0 Å². The molecule has 2 atom stereocenters. The number of nitrogens with two attached hydrogens (primary N) is 3. The molecule has 7 N–H and O–H groups in total. The van der Waals surface area contributed by atoms with Crippen molar-refractivity contribution in [1.29, 1.82) is 0 Å². The Morgan fingerprint density at radius 3 is 2.68 bits per heavy atom. The Bertz CT molecular complexity index is 449. The Labute approximate surface area is 127 Å². The van der Waals surface area contributed by atoms with Crippen LogP contribution in [-0.2, 0) is 23.9 Å². The van der Waals surface area contributed by atoms with E-state index in [-0.39, 0.29) is 25.6 Å². The minimum absolute atomic E-state index is 0.00947. The van der Waals surface area contributed by atoms with Crippen LogP contribution in [0.15, 0.2) is 4.99 Å². The number of hydrogen-bond acceptors (Lipinski definition) is 7. The van der Waals surface area contributed by atoms with Crippen LogP contribution in [0.2, 0.25) is 0 Å². The number of nitrogens with zero attached hydrogens (tertiary/aromatic N) is 1. The summed E-state index contributed by atoms with van der Waals surface area (Å²) >= 11 is 0. The van der Waals surface area contributed by atoms with E-state index in [0.717, 1.165) is 0 Å². The average molecular weight is 315 g/mol. The molecule has 1 amide bonds. The molecule has 0 aromatic heterocycles. The molecule has 0 radical (unpaired) electrons. The van der Waals surface area contributed by atoms with Crippen LogP contribution in [0, 0.1) is 0 Å². The molecule has 0 aromatic rings. The van der Waals surface area contributed by atoms with Gasteiger partial charge < -0.3 is 32.0 Å². The van der Waals surface area contributed by atoms with E-state index in [2.05, 4.69) is 10.3 Å². The fourth-order valence-electron chi connectivity index (χ4n) is 1.75. The highest BCUT2D eigenvalue weighted by molar-refractivity contribution is 5.90. The molecule has 10 heteroatoms. The van der Waals surface area contributed by atoms with E-state index in [4.69, 9.17) is 26.7 Å². The second-order valence-electron chi connectivity index (χ2n) is 4.71. The van der Waals surface area contributed by atoms with Crippen molar-refractivity contribution in [2.24, 2.45) is 22.2 Å². The van der Waals surface area contributed by atoms with E-state index in [1.165, 1.54) is 0 Å². The number of carbonyl (C=O) groups is 3. The molecule has 1 fully saturated rings. The van der Waals surface area contributed by atoms with E-state index in [9.17, 15) is 14.4 Å². The van der Waals surface area contributed by atoms with Gasteiger partial charge >= 0.3 is 11.9 Å². The number of hydrogen-bond donors (Lipinski definition) is 4. The van der Waals surface area contributed by atoms with Gasteiger partial charge in [0, 0.05) is 6.54 Å². The smallest absolute Gasteiger partial charge is 0.329 e. The summed E-state index contributed by atoms with van der Waals surface area (Å²) in [6.45, 7) is 0.318. The molecule has 124 valence electrons. The van der Waals surface area contributed by atoms with Crippen molar-refractivity contribution in [3.8, 4) is 0 Å². The highest BCUT2D eigenvalue weighted by Gasteiger charge is 2.29. The number of rotatable bonds is 6. The van der Waals surface area contributed by atoms with Crippen molar-refractivity contribution >= 4 is 23.8 Å². The first-order valence-corrected chi connectivity index (χ1v) is 6.83. The Morgan fingerprint density at radius 2 is 2.00 bits per heavy atom. The molecule has 1 aliphatic rings. The van der Waals surface area contributed by atoms with Crippen molar-refractivity contribution in [1.82, 2.24) is 5.32 Å². The lowest BCUT2D eigenvalue weighted by Crippen LogP contribution is -2.50. The number of aliphatic imine (C=N–C) groups is 1. The second kappa shape index (κ2) is 8.82. The lowest BCUT2D eigenvalue weighted by atomic mass is 10.1. The molecule has 0 unspecified atom stereocenters. The fraction of sp³-hybridized carbons (Fsp3) is 0.667. The summed E-state index contributed by atoms with van der Waals surface area (Å²) in [6.07, 6.45) is 0.545. The number of nitrogens with one attached hydrogen (secondary N) is 1. The summed E-state index contributed by atoms with van der Waals surface area (Å²) < 4.78 is 9.60. The largest absolute Gasteiger partial charge is 0.462 e. The molecule has 1 aliphatic heterocycles. The van der Waals surface area contributed by atoms with E-state index in [0.29, 0.717) is 19.4 Å². The zero-order chi connectivity index (χ0) is 16.5. The molecule has 0 aliphatic carbocycles. The van der Waals surface area contributed by atoms with Gasteiger partial charge in [0.15, 0.2) is 5.96 Å². The van der Waals surface area contributed by atoms with Crippen LogP contribution in [0.25, 0.3) is 0 Å². The summed E-state index contributed by atoms with van der Waals surface area (Å²) in [7, 11) is 0. The maximum Gasteiger partial charge on any atom is 0.329 e. The Morgan fingerprint density at radius 1 is 1.32 bits per heavy atom.